The van der Waals surface area contributed by atoms with Gasteiger partial charge in [-0.05, 0) is 35.7 Å². The fourth-order valence-corrected chi connectivity index (χ4v) is 2.26. The highest BCUT2D eigenvalue weighted by Crippen LogP contribution is 2.16. The topological polar surface area (TPSA) is 64.5 Å². The van der Waals surface area contributed by atoms with Gasteiger partial charge in [-0.1, -0.05) is 0 Å². The van der Waals surface area contributed by atoms with E-state index in [1.807, 2.05) is 6.92 Å². The molecule has 1 aliphatic heterocycles. The van der Waals surface area contributed by atoms with Crippen LogP contribution in [0.5, 0.6) is 6.01 Å². The van der Waals surface area contributed by atoms with E-state index in [9.17, 15) is 4.79 Å². The molecule has 0 aliphatic carbocycles. The summed E-state index contributed by atoms with van der Waals surface area (Å²) in [6.07, 6.45) is 5.04. The maximum Gasteiger partial charge on any atom is 0.316 e. The number of hydrogen-bond acceptors (Lipinski definition) is 5. The molecule has 0 spiro atoms. The molecule has 0 unspecified atom stereocenters. The molecular weight excluding hydrogens is 326 g/mol. The summed E-state index contributed by atoms with van der Waals surface area (Å²) in [5.41, 5.74) is 0. The van der Waals surface area contributed by atoms with Gasteiger partial charge in [-0.25, -0.2) is 9.97 Å². The molecule has 1 atom stereocenters. The van der Waals surface area contributed by atoms with E-state index in [1.54, 1.807) is 17.3 Å². The Labute approximate surface area is 126 Å². The zero-order valence-corrected chi connectivity index (χ0v) is 13.0. The predicted octanol–water partition coefficient (Wildman–Crippen LogP) is 1.65. The molecule has 1 aromatic heterocycles. The second kappa shape index (κ2) is 7.54. The standard InChI is InChI=1S/C13H18BrN3O3/c1-2-19-9-12(18)17-5-3-4-11(8-17)20-13-15-6-10(14)7-16-13/h6-7,11H,2-5,8-9H2,1H3/t11-/m0/s1. The van der Waals surface area contributed by atoms with Crippen LogP contribution in [0, 0.1) is 0 Å². The van der Waals surface area contributed by atoms with Crippen LogP contribution in [0.3, 0.4) is 0 Å². The fourth-order valence-electron chi connectivity index (χ4n) is 2.05. The normalized spacial score (nSPS) is 18.9. The molecule has 1 amide bonds. The number of rotatable bonds is 5. The van der Waals surface area contributed by atoms with Crippen molar-refractivity contribution in [3.05, 3.63) is 16.9 Å². The predicted molar refractivity (Wildman–Crippen MR) is 76.5 cm³/mol. The first-order valence-electron chi connectivity index (χ1n) is 6.68. The number of halogens is 1. The Kier molecular flexibility index (Phi) is 5.72. The van der Waals surface area contributed by atoms with E-state index in [-0.39, 0.29) is 18.6 Å². The van der Waals surface area contributed by atoms with Crippen LogP contribution in [-0.4, -0.2) is 53.2 Å². The molecule has 110 valence electrons. The average Bonchev–Trinajstić information content (AvgIpc) is 2.47. The van der Waals surface area contributed by atoms with Gasteiger partial charge in [-0.2, -0.15) is 0 Å². The molecule has 0 radical (unpaired) electrons. The largest absolute Gasteiger partial charge is 0.458 e. The molecule has 1 aromatic rings. The zero-order valence-electron chi connectivity index (χ0n) is 11.4. The summed E-state index contributed by atoms with van der Waals surface area (Å²) in [6.45, 7) is 3.88. The molecule has 1 saturated heterocycles. The number of hydrogen-bond donors (Lipinski definition) is 0. The summed E-state index contributed by atoms with van der Waals surface area (Å²) in [7, 11) is 0. The van der Waals surface area contributed by atoms with Crippen molar-refractivity contribution in [2.24, 2.45) is 0 Å². The number of nitrogens with zero attached hydrogens (tertiary/aromatic N) is 3. The molecular formula is C13H18BrN3O3. The van der Waals surface area contributed by atoms with Crippen LogP contribution in [0.2, 0.25) is 0 Å². The van der Waals surface area contributed by atoms with Crippen LogP contribution >= 0.6 is 15.9 Å². The van der Waals surface area contributed by atoms with Gasteiger partial charge in [0.15, 0.2) is 0 Å². The number of piperidine rings is 1. The van der Waals surface area contributed by atoms with E-state index in [2.05, 4.69) is 25.9 Å². The Hall–Kier alpha value is -1.21. The summed E-state index contributed by atoms with van der Waals surface area (Å²) in [5.74, 6) is 0.0110. The van der Waals surface area contributed by atoms with Gasteiger partial charge in [0.25, 0.3) is 0 Å². The average molecular weight is 344 g/mol. The van der Waals surface area contributed by atoms with Crippen molar-refractivity contribution in [1.82, 2.24) is 14.9 Å². The van der Waals surface area contributed by atoms with Crippen LogP contribution < -0.4 is 4.74 Å². The Morgan fingerprint density at radius 2 is 2.25 bits per heavy atom. The summed E-state index contributed by atoms with van der Waals surface area (Å²) < 4.78 is 11.7. The van der Waals surface area contributed by atoms with Gasteiger partial charge in [-0.15, -0.1) is 0 Å². The molecule has 7 heteroatoms. The van der Waals surface area contributed by atoms with Crippen molar-refractivity contribution in [1.29, 1.82) is 0 Å². The molecule has 6 nitrogen and oxygen atoms in total. The van der Waals surface area contributed by atoms with Gasteiger partial charge in [0.2, 0.25) is 5.91 Å². The monoisotopic (exact) mass is 343 g/mol. The quantitative estimate of drug-likeness (QED) is 0.813. The third-order valence-electron chi connectivity index (χ3n) is 3.03. The van der Waals surface area contributed by atoms with E-state index in [0.717, 1.165) is 23.9 Å². The van der Waals surface area contributed by atoms with Crippen molar-refractivity contribution in [3.63, 3.8) is 0 Å². The van der Waals surface area contributed by atoms with Crippen molar-refractivity contribution >= 4 is 21.8 Å². The zero-order chi connectivity index (χ0) is 14.4. The second-order valence-corrected chi connectivity index (χ2v) is 5.46. The molecule has 0 saturated carbocycles. The van der Waals surface area contributed by atoms with Gasteiger partial charge in [-0.3, -0.25) is 4.79 Å². The Morgan fingerprint density at radius 1 is 1.50 bits per heavy atom. The molecule has 0 bridgehead atoms. The first-order chi connectivity index (χ1) is 9.69. The molecule has 0 N–H and O–H groups in total. The lowest BCUT2D eigenvalue weighted by molar-refractivity contribution is -0.138. The molecule has 1 fully saturated rings. The lowest BCUT2D eigenvalue weighted by Crippen LogP contribution is -2.45. The van der Waals surface area contributed by atoms with E-state index in [1.165, 1.54) is 0 Å². The van der Waals surface area contributed by atoms with Gasteiger partial charge < -0.3 is 14.4 Å². The molecule has 20 heavy (non-hydrogen) atoms. The summed E-state index contributed by atoms with van der Waals surface area (Å²) in [4.78, 5) is 21.9. The highest BCUT2D eigenvalue weighted by atomic mass is 79.9. The second-order valence-electron chi connectivity index (χ2n) is 4.54. The van der Waals surface area contributed by atoms with E-state index < -0.39 is 0 Å². The fraction of sp³-hybridized carbons (Fsp3) is 0.615. The summed E-state index contributed by atoms with van der Waals surface area (Å²) in [5, 5.41) is 0. The number of carbonyl (C=O) groups is 1. The van der Waals surface area contributed by atoms with Crippen LogP contribution in [0.4, 0.5) is 0 Å². The number of aromatic nitrogens is 2. The van der Waals surface area contributed by atoms with E-state index in [0.29, 0.717) is 19.2 Å². The minimum atomic E-state index is -0.0597. The summed E-state index contributed by atoms with van der Waals surface area (Å²) in [6, 6.07) is 0.345. The molecule has 2 heterocycles. The summed E-state index contributed by atoms with van der Waals surface area (Å²) >= 11 is 3.28. The minimum absolute atomic E-state index is 0.0110. The van der Waals surface area contributed by atoms with Crippen molar-refractivity contribution in [3.8, 4) is 6.01 Å². The number of likely N-dealkylation sites (tertiary alicyclic amines) is 1. The van der Waals surface area contributed by atoms with Gasteiger partial charge in [0.1, 0.15) is 12.7 Å². The first-order valence-corrected chi connectivity index (χ1v) is 7.48. The van der Waals surface area contributed by atoms with Gasteiger partial charge in [0.05, 0.1) is 11.0 Å². The number of amides is 1. The lowest BCUT2D eigenvalue weighted by Gasteiger charge is -2.32. The molecule has 1 aliphatic rings. The minimum Gasteiger partial charge on any atom is -0.458 e. The SMILES string of the molecule is CCOCC(=O)N1CCC[C@H](Oc2ncc(Br)cn2)C1. The third kappa shape index (κ3) is 4.42. The first kappa shape index (κ1) is 15.2. The lowest BCUT2D eigenvalue weighted by atomic mass is 10.1. The number of ether oxygens (including phenoxy) is 2. The maximum absolute atomic E-state index is 11.9. The van der Waals surface area contributed by atoms with Crippen LogP contribution in [0.25, 0.3) is 0 Å². The van der Waals surface area contributed by atoms with Gasteiger partial charge >= 0.3 is 6.01 Å². The van der Waals surface area contributed by atoms with Crippen molar-refractivity contribution in [2.75, 3.05) is 26.3 Å². The van der Waals surface area contributed by atoms with E-state index in [4.69, 9.17) is 9.47 Å². The van der Waals surface area contributed by atoms with Crippen LogP contribution in [0.1, 0.15) is 19.8 Å². The Morgan fingerprint density at radius 3 is 2.95 bits per heavy atom. The van der Waals surface area contributed by atoms with E-state index >= 15 is 0 Å². The highest BCUT2D eigenvalue weighted by Gasteiger charge is 2.25. The Bertz CT molecular complexity index is 441. The van der Waals surface area contributed by atoms with Crippen LogP contribution in [-0.2, 0) is 9.53 Å². The maximum atomic E-state index is 11.9. The third-order valence-corrected chi connectivity index (χ3v) is 3.44. The van der Waals surface area contributed by atoms with Gasteiger partial charge in [0, 0.05) is 25.5 Å². The highest BCUT2D eigenvalue weighted by molar-refractivity contribution is 9.10. The molecule has 2 rings (SSSR count). The number of carbonyl (C=O) groups excluding carboxylic acids is 1. The van der Waals surface area contributed by atoms with Crippen molar-refractivity contribution < 1.29 is 14.3 Å². The smallest absolute Gasteiger partial charge is 0.316 e. The Balaban J connectivity index is 1.86. The van der Waals surface area contributed by atoms with Crippen LogP contribution in [0.15, 0.2) is 16.9 Å². The molecule has 0 aromatic carbocycles. The van der Waals surface area contributed by atoms with Crippen molar-refractivity contribution in [2.45, 2.75) is 25.9 Å².